The Morgan fingerprint density at radius 3 is 2.34 bits per heavy atom. The van der Waals surface area contributed by atoms with Gasteiger partial charge >= 0.3 is 11.9 Å². The van der Waals surface area contributed by atoms with Gasteiger partial charge in [0.2, 0.25) is 0 Å². The van der Waals surface area contributed by atoms with Crippen LogP contribution in [0.5, 0.6) is 0 Å². The van der Waals surface area contributed by atoms with E-state index >= 15 is 0 Å². The van der Waals surface area contributed by atoms with Gasteiger partial charge in [0, 0.05) is 16.1 Å². The van der Waals surface area contributed by atoms with Gasteiger partial charge in [-0.05, 0) is 18.2 Å². The van der Waals surface area contributed by atoms with Crippen molar-refractivity contribution in [2.45, 2.75) is 0 Å². The summed E-state index contributed by atoms with van der Waals surface area (Å²) in [5.41, 5.74) is 0.994. The Kier molecular flexibility index (Phi) is 6.31. The summed E-state index contributed by atoms with van der Waals surface area (Å²) in [4.78, 5) is 39.2. The highest BCUT2D eigenvalue weighted by atomic mass is 35.5. The maximum Gasteiger partial charge on any atom is 0.355 e. The number of nitrogens with zero attached hydrogens (tertiary/aromatic N) is 1. The minimum absolute atomic E-state index is 0.0105. The molecule has 0 unspecified atom stereocenters. The van der Waals surface area contributed by atoms with E-state index in [1.54, 1.807) is 42.5 Å². The fraction of sp³-hybridized carbons (Fsp3) is 0.190. The van der Waals surface area contributed by atoms with Crippen LogP contribution in [-0.2, 0) is 23.8 Å². The Hall–Kier alpha value is -3.16. The number of ketones is 1. The zero-order chi connectivity index (χ0) is 21.0. The van der Waals surface area contributed by atoms with Crippen LogP contribution in [-0.4, -0.2) is 45.3 Å². The molecule has 8 heteroatoms. The molecule has 0 saturated carbocycles. The lowest BCUT2D eigenvalue weighted by atomic mass is 10.00. The molecular formula is C21H18ClNO6. The molecule has 0 aromatic heterocycles. The first-order chi connectivity index (χ1) is 14.0. The van der Waals surface area contributed by atoms with Crippen molar-refractivity contribution in [3.05, 3.63) is 76.0 Å². The normalized spacial score (nSPS) is 13.8. The zero-order valence-electron chi connectivity index (χ0n) is 15.8. The van der Waals surface area contributed by atoms with E-state index in [-0.39, 0.29) is 36.0 Å². The van der Waals surface area contributed by atoms with Crippen molar-refractivity contribution in [1.29, 1.82) is 0 Å². The summed E-state index contributed by atoms with van der Waals surface area (Å²) in [7, 11) is 2.40. The second-order valence-electron chi connectivity index (χ2n) is 6.07. The van der Waals surface area contributed by atoms with E-state index in [2.05, 4.69) is 0 Å². The minimum atomic E-state index is -0.758. The van der Waals surface area contributed by atoms with Gasteiger partial charge in [-0.2, -0.15) is 0 Å². The number of ether oxygens (including phenoxy) is 3. The third kappa shape index (κ3) is 4.16. The predicted octanol–water partition coefficient (Wildman–Crippen LogP) is 2.97. The van der Waals surface area contributed by atoms with Crippen molar-refractivity contribution >= 4 is 35.0 Å². The third-order valence-corrected chi connectivity index (χ3v) is 4.60. The molecule has 0 fully saturated rings. The summed E-state index contributed by atoms with van der Waals surface area (Å²) in [6, 6.07) is 13.4. The molecule has 7 nitrogen and oxygen atoms in total. The molecule has 0 spiro atoms. The molecule has 2 aromatic carbocycles. The van der Waals surface area contributed by atoms with Crippen LogP contribution in [0.25, 0.3) is 0 Å². The van der Waals surface area contributed by atoms with Crippen molar-refractivity contribution in [2.24, 2.45) is 0 Å². The third-order valence-electron chi connectivity index (χ3n) is 4.36. The summed E-state index contributed by atoms with van der Waals surface area (Å²) >= 11 is 6.17. The highest BCUT2D eigenvalue weighted by Gasteiger charge is 2.34. The second kappa shape index (κ2) is 8.89. The predicted molar refractivity (Wildman–Crippen MR) is 106 cm³/mol. The van der Waals surface area contributed by atoms with Gasteiger partial charge in [-0.15, -0.1) is 0 Å². The van der Waals surface area contributed by atoms with Gasteiger partial charge in [0.05, 0.1) is 32.1 Å². The Balaban J connectivity index is 2.18. The first-order valence-corrected chi connectivity index (χ1v) is 9.00. The van der Waals surface area contributed by atoms with E-state index in [0.29, 0.717) is 16.3 Å². The largest absolute Gasteiger partial charge is 0.466 e. The van der Waals surface area contributed by atoms with Crippen molar-refractivity contribution in [3.63, 3.8) is 0 Å². The lowest BCUT2D eigenvalue weighted by Gasteiger charge is -2.32. The van der Waals surface area contributed by atoms with Crippen LogP contribution in [0.3, 0.4) is 0 Å². The van der Waals surface area contributed by atoms with E-state index in [9.17, 15) is 14.4 Å². The molecule has 1 aliphatic heterocycles. The van der Waals surface area contributed by atoms with Gasteiger partial charge in [-0.25, -0.2) is 9.59 Å². The Morgan fingerprint density at radius 1 is 1.00 bits per heavy atom. The monoisotopic (exact) mass is 415 g/mol. The number of esters is 2. The average Bonchev–Trinajstić information content (AvgIpc) is 2.77. The number of hydrogen-bond acceptors (Lipinski definition) is 7. The van der Waals surface area contributed by atoms with Crippen LogP contribution in [0.1, 0.15) is 15.9 Å². The van der Waals surface area contributed by atoms with Gasteiger partial charge in [0.25, 0.3) is 0 Å². The van der Waals surface area contributed by atoms with Crippen molar-refractivity contribution in [3.8, 4) is 0 Å². The molecule has 0 radical (unpaired) electrons. The molecule has 1 aliphatic rings. The van der Waals surface area contributed by atoms with Crippen molar-refractivity contribution in [2.75, 3.05) is 32.5 Å². The van der Waals surface area contributed by atoms with Crippen LogP contribution in [0.2, 0.25) is 5.02 Å². The second-order valence-corrected chi connectivity index (χ2v) is 6.51. The van der Waals surface area contributed by atoms with Crippen LogP contribution in [0.15, 0.2) is 59.8 Å². The summed E-state index contributed by atoms with van der Waals surface area (Å²) in [6.07, 6.45) is 0. The molecule has 0 amide bonds. The molecule has 29 heavy (non-hydrogen) atoms. The van der Waals surface area contributed by atoms with Crippen LogP contribution >= 0.6 is 11.6 Å². The van der Waals surface area contributed by atoms with E-state index < -0.39 is 11.9 Å². The summed E-state index contributed by atoms with van der Waals surface area (Å²) in [5.74, 6) is -1.76. The lowest BCUT2D eigenvalue weighted by molar-refractivity contribution is -0.140. The fourth-order valence-corrected chi connectivity index (χ4v) is 3.17. The number of carbonyl (C=O) groups is 3. The molecule has 2 aromatic rings. The number of rotatable bonds is 5. The quantitative estimate of drug-likeness (QED) is 0.548. The van der Waals surface area contributed by atoms with E-state index in [1.165, 1.54) is 25.2 Å². The first-order valence-electron chi connectivity index (χ1n) is 8.62. The van der Waals surface area contributed by atoms with Crippen molar-refractivity contribution in [1.82, 2.24) is 0 Å². The van der Waals surface area contributed by atoms with Gasteiger partial charge in [-0.1, -0.05) is 41.9 Å². The number of carbonyl (C=O) groups excluding carboxylic acids is 3. The molecular weight excluding hydrogens is 398 g/mol. The standard InChI is InChI=1S/C21H18ClNO6/c1-27-20(25)16-11-29-12-23(18(16)21(26)28-2)17-10-14(22)8-9-15(17)19(24)13-6-4-3-5-7-13/h3-10H,11-12H2,1-2H3. The highest BCUT2D eigenvalue weighted by Crippen LogP contribution is 2.33. The SMILES string of the molecule is COC(=O)C1=C(C(=O)OC)N(c2cc(Cl)ccc2C(=O)c2ccccc2)COC1. The smallest absolute Gasteiger partial charge is 0.355 e. The average molecular weight is 416 g/mol. The molecule has 0 N–H and O–H groups in total. The van der Waals surface area contributed by atoms with Crippen LogP contribution < -0.4 is 4.90 Å². The molecule has 3 rings (SSSR count). The van der Waals surface area contributed by atoms with Gasteiger partial charge in [0.1, 0.15) is 12.4 Å². The Morgan fingerprint density at radius 2 is 1.69 bits per heavy atom. The molecule has 0 atom stereocenters. The zero-order valence-corrected chi connectivity index (χ0v) is 16.6. The van der Waals surface area contributed by atoms with E-state index in [1.807, 2.05) is 0 Å². The number of hydrogen-bond donors (Lipinski definition) is 0. The van der Waals surface area contributed by atoms with Gasteiger partial charge < -0.3 is 19.1 Å². The number of halogens is 1. The van der Waals surface area contributed by atoms with Crippen molar-refractivity contribution < 1.29 is 28.6 Å². The molecule has 0 aliphatic carbocycles. The summed E-state index contributed by atoms with van der Waals surface area (Å²) in [5, 5.41) is 0.346. The van der Waals surface area contributed by atoms with Gasteiger partial charge in [0.15, 0.2) is 5.78 Å². The highest BCUT2D eigenvalue weighted by molar-refractivity contribution is 6.31. The van der Waals surface area contributed by atoms with Crippen LogP contribution in [0.4, 0.5) is 5.69 Å². The molecule has 0 bridgehead atoms. The first kappa shape index (κ1) is 20.6. The van der Waals surface area contributed by atoms with Crippen LogP contribution in [0, 0.1) is 0 Å². The number of methoxy groups -OCH3 is 2. The van der Waals surface area contributed by atoms with Gasteiger partial charge in [-0.3, -0.25) is 4.79 Å². The minimum Gasteiger partial charge on any atom is -0.466 e. The maximum atomic E-state index is 13.1. The Bertz CT molecular complexity index is 986. The summed E-state index contributed by atoms with van der Waals surface area (Å²) < 4.78 is 15.1. The molecule has 150 valence electrons. The Labute approximate surface area is 172 Å². The molecule has 1 heterocycles. The van der Waals surface area contributed by atoms with E-state index in [0.717, 1.165) is 0 Å². The topological polar surface area (TPSA) is 82.1 Å². The summed E-state index contributed by atoms with van der Waals surface area (Å²) in [6.45, 7) is -0.212. The fourth-order valence-electron chi connectivity index (χ4n) is 3.00. The molecule has 0 saturated heterocycles. The number of benzene rings is 2. The maximum absolute atomic E-state index is 13.1. The lowest BCUT2D eigenvalue weighted by Crippen LogP contribution is -2.39. The number of anilines is 1. The van der Waals surface area contributed by atoms with E-state index in [4.69, 9.17) is 25.8 Å².